The molecule has 3 saturated heterocycles. The summed E-state index contributed by atoms with van der Waals surface area (Å²) >= 11 is 0.632. The number of aromatic amines is 1. The van der Waals surface area contributed by atoms with E-state index < -0.39 is 88.3 Å². The molecule has 19 nitrogen and oxygen atoms in total. The zero-order valence-electron chi connectivity index (χ0n) is 29.5. The molecule has 24 heteroatoms. The number of aromatic nitrogens is 6. The molecule has 0 radical (unpaired) electrons. The maximum atomic E-state index is 16.4. The number of nitrogens with two attached hydrogens (primary N) is 1. The highest BCUT2D eigenvalue weighted by Crippen LogP contribution is 2.65. The van der Waals surface area contributed by atoms with Gasteiger partial charge in [-0.05, 0) is 48.1 Å². The van der Waals surface area contributed by atoms with E-state index in [1.165, 1.54) is 10.9 Å². The molecule has 4 N–H and O–H groups in total. The molecule has 3 aromatic heterocycles. The lowest BCUT2D eigenvalue weighted by Gasteiger charge is -2.27. The third kappa shape index (κ3) is 8.33. The van der Waals surface area contributed by atoms with Crippen LogP contribution in [0.1, 0.15) is 23.6 Å². The van der Waals surface area contributed by atoms with Crippen molar-refractivity contribution in [1.29, 1.82) is 0 Å². The number of anilines is 1. The van der Waals surface area contributed by atoms with Crippen LogP contribution in [-0.2, 0) is 42.5 Å². The van der Waals surface area contributed by atoms with Gasteiger partial charge in [0.15, 0.2) is 36.3 Å². The number of nitrogens with zero attached hydrogens (tertiary/aromatic N) is 5. The number of hydrogen-bond acceptors (Lipinski definition) is 16. The van der Waals surface area contributed by atoms with Crippen molar-refractivity contribution in [2.75, 3.05) is 18.9 Å². The Balaban J connectivity index is 1.10. The highest BCUT2D eigenvalue weighted by molar-refractivity contribution is 8.54. The molecule has 57 heavy (non-hydrogen) atoms. The minimum Gasteiger partial charge on any atom is -0.457 e. The second kappa shape index (κ2) is 15.8. The van der Waals surface area contributed by atoms with Gasteiger partial charge in [-0.15, -0.1) is 0 Å². The van der Waals surface area contributed by atoms with Crippen molar-refractivity contribution in [3.63, 3.8) is 0 Å². The minimum atomic E-state index is -5.23. The zero-order chi connectivity index (χ0) is 40.1. The number of fused-ring (bicyclic) bond motifs is 4. The Morgan fingerprint density at radius 2 is 1.60 bits per heavy atom. The van der Waals surface area contributed by atoms with Gasteiger partial charge in [0.25, 0.3) is 5.56 Å². The van der Waals surface area contributed by atoms with E-state index in [1.54, 1.807) is 24.3 Å². The van der Waals surface area contributed by atoms with Crippen molar-refractivity contribution >= 4 is 43.0 Å². The molecule has 6 heterocycles. The van der Waals surface area contributed by atoms with E-state index in [-0.39, 0.29) is 22.7 Å². The van der Waals surface area contributed by atoms with Crippen LogP contribution in [0.3, 0.4) is 0 Å². The molecule has 3 aliphatic rings. The Kier molecular flexibility index (Phi) is 10.9. The number of phosphoric ester groups is 1. The van der Waals surface area contributed by atoms with Crippen LogP contribution in [0.2, 0.25) is 0 Å². The van der Waals surface area contributed by atoms with E-state index in [1.807, 2.05) is 36.2 Å². The number of hydrogen-bond donors (Lipinski definition) is 3. The Labute approximate surface area is 324 Å². The molecular formula is C33H33F2N7O12P2S. The van der Waals surface area contributed by atoms with E-state index in [4.69, 9.17) is 38.0 Å². The molecule has 10 atom stereocenters. The lowest BCUT2D eigenvalue weighted by atomic mass is 10.1. The van der Waals surface area contributed by atoms with Gasteiger partial charge in [-0.3, -0.25) is 37.0 Å². The third-order valence-corrected chi connectivity index (χ3v) is 13.8. The first-order valence-corrected chi connectivity index (χ1v) is 21.8. The summed E-state index contributed by atoms with van der Waals surface area (Å²) in [5.41, 5.74) is 5.98. The zero-order valence-corrected chi connectivity index (χ0v) is 32.1. The van der Waals surface area contributed by atoms with Gasteiger partial charge in [-0.2, -0.15) is 0 Å². The summed E-state index contributed by atoms with van der Waals surface area (Å²) in [7, 11) is -5.23. The second-order valence-corrected chi connectivity index (χ2v) is 18.5. The number of alkyl halides is 2. The Bertz CT molecular complexity index is 2480. The van der Waals surface area contributed by atoms with Crippen molar-refractivity contribution in [3.8, 4) is 11.5 Å². The average molecular weight is 852 g/mol. The lowest BCUT2D eigenvalue weighted by Crippen LogP contribution is -2.37. The first-order valence-electron chi connectivity index (χ1n) is 17.2. The summed E-state index contributed by atoms with van der Waals surface area (Å²) in [5, 5.41) is 0. The topological polar surface area (TPSA) is 243 Å². The predicted octanol–water partition coefficient (Wildman–Crippen LogP) is 4.49. The maximum Gasteiger partial charge on any atom is 0.472 e. The highest BCUT2D eigenvalue weighted by atomic mass is 32.7. The van der Waals surface area contributed by atoms with Crippen molar-refractivity contribution in [3.05, 3.63) is 105 Å². The number of nitrogen functional groups attached to an aromatic ring is 1. The fourth-order valence-electron chi connectivity index (χ4n) is 6.34. The Hall–Kier alpha value is -4.34. The molecule has 302 valence electrons. The summed E-state index contributed by atoms with van der Waals surface area (Å²) in [4.78, 5) is 49.5. The molecule has 0 aliphatic carbocycles. The largest absolute Gasteiger partial charge is 0.472 e. The standard InChI is InChI=1S/C33H33F2N7O12P2S/c1-17-2-6-19(7-3-17)50-20-8-4-18(5-9-20)14-57-56(47)49-13-22-27(25(35)31(52-22)42-16-39-26-29(36)37-15-38-30(26)42)53-55(45,46)48-12-21-24(34)28(54-56)32(51-21)41-11-10-23(43)40-33(41)44/h2-11,15-16,21-22,24-25,27-28,31-32H,12-14H2,1H3,(H,45,46)(H2,36,37,38)(H,40,43,44)/t21-,22-,24-,25-,27-,28-,31-,32-,56?/m1/s1. The first kappa shape index (κ1) is 39.5. The van der Waals surface area contributed by atoms with Gasteiger partial charge in [0.05, 0.1) is 19.5 Å². The number of nitrogens with one attached hydrogen (secondary N) is 1. The van der Waals surface area contributed by atoms with Gasteiger partial charge < -0.3 is 24.8 Å². The van der Waals surface area contributed by atoms with Crippen molar-refractivity contribution in [2.24, 2.45) is 0 Å². The summed E-state index contributed by atoms with van der Waals surface area (Å²) in [5.74, 6) is 1.08. The molecule has 5 aromatic rings. The van der Waals surface area contributed by atoms with E-state index >= 15 is 8.78 Å². The fourth-order valence-corrected chi connectivity index (χ4v) is 10.6. The SMILES string of the molecule is Cc1ccc(Oc2ccc(CSP3(=O)OC[C@H]4O[C@@H](n5cnc6c(N)ncnc65)[C@H](F)[C@@H]4OP(=O)(O)OC[C@H]4O[C@@H](n5ccc(=O)[nH]c5=O)[C@H](O3)[C@@H]4F)cc2)cc1. The second-order valence-electron chi connectivity index (χ2n) is 13.1. The van der Waals surface area contributed by atoms with Crippen LogP contribution in [0.15, 0.2) is 83.0 Å². The van der Waals surface area contributed by atoms with E-state index in [0.717, 1.165) is 28.7 Å². The maximum absolute atomic E-state index is 16.4. The third-order valence-electron chi connectivity index (χ3n) is 9.19. The quantitative estimate of drug-likeness (QED) is 0.191. The van der Waals surface area contributed by atoms with Crippen LogP contribution in [0.4, 0.5) is 14.6 Å². The van der Waals surface area contributed by atoms with Crippen LogP contribution < -0.4 is 21.7 Å². The Morgan fingerprint density at radius 3 is 2.33 bits per heavy atom. The monoisotopic (exact) mass is 851 g/mol. The van der Waals surface area contributed by atoms with Crippen LogP contribution >= 0.6 is 26.0 Å². The minimum absolute atomic E-state index is 0.00320. The smallest absolute Gasteiger partial charge is 0.457 e. The van der Waals surface area contributed by atoms with Crippen molar-refractivity contribution in [1.82, 2.24) is 29.1 Å². The first-order chi connectivity index (χ1) is 27.3. The summed E-state index contributed by atoms with van der Waals surface area (Å²) in [6.07, 6.45) is -11.5. The molecule has 0 amide bonds. The van der Waals surface area contributed by atoms with Crippen molar-refractivity contribution in [2.45, 2.75) is 61.9 Å². The highest BCUT2D eigenvalue weighted by Gasteiger charge is 2.55. The van der Waals surface area contributed by atoms with Gasteiger partial charge >= 0.3 is 20.3 Å². The number of ether oxygens (including phenoxy) is 3. The van der Waals surface area contributed by atoms with Crippen LogP contribution in [0, 0.1) is 6.92 Å². The van der Waals surface area contributed by atoms with Crippen LogP contribution in [0.5, 0.6) is 11.5 Å². The number of halogens is 2. The number of aryl methyl sites for hydroxylation is 1. The molecule has 0 saturated carbocycles. The van der Waals surface area contributed by atoms with E-state index in [2.05, 4.69) is 15.0 Å². The van der Waals surface area contributed by atoms with Gasteiger partial charge in [0.1, 0.15) is 47.8 Å². The molecule has 8 rings (SSSR count). The summed E-state index contributed by atoms with van der Waals surface area (Å²) < 4.78 is 102. The average Bonchev–Trinajstić information content (AvgIpc) is 3.84. The number of rotatable bonds is 7. The van der Waals surface area contributed by atoms with Crippen LogP contribution in [0.25, 0.3) is 11.2 Å². The number of phosphoric acid groups is 1. The fraction of sp³-hybridized carbons (Fsp3) is 0.364. The van der Waals surface area contributed by atoms with Gasteiger partial charge in [-0.1, -0.05) is 29.8 Å². The normalized spacial score (nSPS) is 31.9. The Morgan fingerprint density at radius 1 is 0.895 bits per heavy atom. The molecule has 0 spiro atoms. The molecule has 3 aliphatic heterocycles. The molecule has 3 fully saturated rings. The number of imidazole rings is 1. The molecule has 2 aromatic carbocycles. The molecular weight excluding hydrogens is 818 g/mol. The summed E-state index contributed by atoms with van der Waals surface area (Å²) in [6, 6.07) is 15.2. The van der Waals surface area contributed by atoms with Crippen LogP contribution in [-0.4, -0.2) is 83.9 Å². The predicted molar refractivity (Wildman–Crippen MR) is 197 cm³/mol. The number of benzene rings is 2. The molecule has 2 bridgehead atoms. The number of H-pyrrole nitrogens is 1. The lowest BCUT2D eigenvalue weighted by molar-refractivity contribution is -0.0635. The van der Waals surface area contributed by atoms with E-state index in [0.29, 0.717) is 28.4 Å². The van der Waals surface area contributed by atoms with Gasteiger partial charge in [0, 0.05) is 18.0 Å². The van der Waals surface area contributed by atoms with E-state index in [9.17, 15) is 23.6 Å². The summed E-state index contributed by atoms with van der Waals surface area (Å²) in [6.45, 7) is -4.43. The van der Waals surface area contributed by atoms with Gasteiger partial charge in [0.2, 0.25) is 0 Å². The molecule has 2 unspecified atom stereocenters. The van der Waals surface area contributed by atoms with Gasteiger partial charge in [-0.25, -0.2) is 37.7 Å². The van der Waals surface area contributed by atoms with Crippen molar-refractivity contribution < 1.29 is 55.1 Å².